The molecule has 7 heavy (non-hydrogen) atoms. The summed E-state index contributed by atoms with van der Waals surface area (Å²) in [6.45, 7) is 5.00. The van der Waals surface area contributed by atoms with Gasteiger partial charge in [-0.1, -0.05) is 0 Å². The number of hydrogen-bond donors (Lipinski definition) is 1. The van der Waals surface area contributed by atoms with Crippen molar-refractivity contribution in [3.8, 4) is 0 Å². The Balaban J connectivity index is 2.12. The van der Waals surface area contributed by atoms with Gasteiger partial charge < -0.3 is 9.64 Å². The second-order valence-corrected chi connectivity index (χ2v) is 1.88. The molecule has 1 heterocycles. The first kappa shape index (κ1) is 5.06. The van der Waals surface area contributed by atoms with Crippen LogP contribution in [0.1, 0.15) is 0 Å². The molecule has 0 amide bonds. The van der Waals surface area contributed by atoms with Crippen LogP contribution in [-0.4, -0.2) is 26.8 Å². The normalized spacial score (nSPS) is 33.0. The Morgan fingerprint density at radius 2 is 2.57 bits per heavy atom. The molecule has 1 atom stereocenters. The lowest BCUT2D eigenvalue weighted by molar-refractivity contribution is -0.856. The van der Waals surface area contributed by atoms with Crippen molar-refractivity contribution in [2.75, 3.05) is 26.8 Å². The van der Waals surface area contributed by atoms with Gasteiger partial charge in [-0.05, 0) is 6.61 Å². The van der Waals surface area contributed by atoms with Crippen molar-refractivity contribution >= 4 is 0 Å². The summed E-state index contributed by atoms with van der Waals surface area (Å²) in [6.07, 6.45) is 0. The average molecular weight is 101 g/mol. The average Bonchev–Trinajstić information content (AvgIpc) is 1.69. The lowest BCUT2D eigenvalue weighted by atomic mass is 10.5. The third-order valence-corrected chi connectivity index (χ3v) is 1.19. The first-order chi connectivity index (χ1) is 3.39. The number of quaternary nitrogens is 1. The maximum atomic E-state index is 5.06. The number of nitrogens with one attached hydrogen (secondary N) is 1. The molecule has 0 radical (unpaired) electrons. The second-order valence-electron chi connectivity index (χ2n) is 1.88. The summed E-state index contributed by atoms with van der Waals surface area (Å²) < 4.78 is 5.06. The molecule has 0 aromatic heterocycles. The molecule has 0 aromatic rings. The van der Waals surface area contributed by atoms with E-state index in [0.29, 0.717) is 0 Å². The van der Waals surface area contributed by atoms with Crippen molar-refractivity contribution in [2.45, 2.75) is 0 Å². The Kier molecular flexibility index (Phi) is 1.65. The van der Waals surface area contributed by atoms with E-state index in [1.165, 1.54) is 4.90 Å². The van der Waals surface area contributed by atoms with Crippen LogP contribution in [0.5, 0.6) is 0 Å². The fourth-order valence-corrected chi connectivity index (χ4v) is 0.620. The fourth-order valence-electron chi connectivity index (χ4n) is 0.620. The van der Waals surface area contributed by atoms with Gasteiger partial charge in [-0.15, -0.1) is 6.54 Å². The Hall–Kier alpha value is -0.0800. The summed E-state index contributed by atoms with van der Waals surface area (Å²) in [7, 11) is 2.14. The molecule has 0 aromatic carbocycles. The predicted molar refractivity (Wildman–Crippen MR) is 26.9 cm³/mol. The topological polar surface area (TPSA) is 13.7 Å². The summed E-state index contributed by atoms with van der Waals surface area (Å²) in [5.74, 6) is 0. The molecule has 42 valence electrons. The molecule has 2 heteroatoms. The van der Waals surface area contributed by atoms with Crippen LogP contribution in [0.25, 0.3) is 0 Å². The zero-order valence-electron chi connectivity index (χ0n) is 4.61. The molecule has 0 spiro atoms. The third-order valence-electron chi connectivity index (χ3n) is 1.19. The first-order valence-corrected chi connectivity index (χ1v) is 2.63. The minimum Gasteiger partial charge on any atom is -0.464 e. The highest BCUT2D eigenvalue weighted by Gasteiger charge is 1.97. The Morgan fingerprint density at radius 3 is 2.86 bits per heavy atom. The van der Waals surface area contributed by atoms with Gasteiger partial charge in [-0.25, -0.2) is 0 Å². The van der Waals surface area contributed by atoms with E-state index in [-0.39, 0.29) is 0 Å². The van der Waals surface area contributed by atoms with E-state index >= 15 is 0 Å². The second kappa shape index (κ2) is 2.28. The highest BCUT2D eigenvalue weighted by atomic mass is 16.5. The standard InChI is InChI=1S/C5H11NO/c1-6-2-4-7-5-3-6/h2,6H,3-5H2,1H3. The van der Waals surface area contributed by atoms with Gasteiger partial charge in [0.05, 0.1) is 13.2 Å². The molecular formula is C5H11NO. The monoisotopic (exact) mass is 101 g/mol. The molecule has 2 nitrogen and oxygen atoms in total. The molecule has 0 aliphatic carbocycles. The van der Waals surface area contributed by atoms with Crippen LogP contribution in [0, 0.1) is 6.54 Å². The maximum Gasteiger partial charge on any atom is 0.0902 e. The number of ether oxygens (including phenoxy) is 1. The third kappa shape index (κ3) is 1.45. The smallest absolute Gasteiger partial charge is 0.0902 e. The van der Waals surface area contributed by atoms with Crippen molar-refractivity contribution in [3.05, 3.63) is 6.54 Å². The molecule has 0 saturated carbocycles. The lowest BCUT2D eigenvalue weighted by Crippen LogP contribution is -3.08. The zero-order valence-corrected chi connectivity index (χ0v) is 4.61. The predicted octanol–water partition coefficient (Wildman–Crippen LogP) is -1.31. The summed E-state index contributed by atoms with van der Waals surface area (Å²) >= 11 is 0. The van der Waals surface area contributed by atoms with Crippen LogP contribution in [0.2, 0.25) is 0 Å². The van der Waals surface area contributed by atoms with Crippen LogP contribution < -0.4 is 4.90 Å². The van der Waals surface area contributed by atoms with Gasteiger partial charge in [0, 0.05) is 7.05 Å². The number of rotatable bonds is 0. The van der Waals surface area contributed by atoms with E-state index in [4.69, 9.17) is 4.74 Å². The Labute approximate surface area is 44.1 Å². The minimum atomic E-state index is 0.825. The quantitative estimate of drug-likeness (QED) is 0.374. The first-order valence-electron chi connectivity index (χ1n) is 2.63. The van der Waals surface area contributed by atoms with Crippen molar-refractivity contribution in [3.63, 3.8) is 0 Å². The van der Waals surface area contributed by atoms with Gasteiger partial charge in [0.2, 0.25) is 0 Å². The summed E-state index contributed by atoms with van der Waals surface area (Å²) in [6, 6.07) is 0. The minimum absolute atomic E-state index is 0.825. The van der Waals surface area contributed by atoms with Crippen LogP contribution in [0.15, 0.2) is 0 Å². The molecular weight excluding hydrogens is 90.1 g/mol. The van der Waals surface area contributed by atoms with Crippen LogP contribution in [0.3, 0.4) is 0 Å². The van der Waals surface area contributed by atoms with Crippen molar-refractivity contribution in [1.29, 1.82) is 0 Å². The van der Waals surface area contributed by atoms with Crippen LogP contribution in [0.4, 0.5) is 0 Å². The molecule has 1 aliphatic heterocycles. The molecule has 0 bridgehead atoms. The van der Waals surface area contributed by atoms with Crippen LogP contribution in [-0.2, 0) is 4.74 Å². The van der Waals surface area contributed by atoms with Gasteiger partial charge in [-0.2, -0.15) is 0 Å². The largest absolute Gasteiger partial charge is 0.464 e. The van der Waals surface area contributed by atoms with Gasteiger partial charge in [0.25, 0.3) is 0 Å². The summed E-state index contributed by atoms with van der Waals surface area (Å²) in [4.78, 5) is 1.46. The van der Waals surface area contributed by atoms with E-state index < -0.39 is 0 Å². The van der Waals surface area contributed by atoms with E-state index in [0.717, 1.165) is 19.8 Å². The molecule has 1 N–H and O–H groups in total. The highest BCUT2D eigenvalue weighted by Crippen LogP contribution is 1.75. The number of likely N-dealkylation sites (N-methyl/N-ethyl adjacent to an activating group) is 1. The highest BCUT2D eigenvalue weighted by molar-refractivity contribution is 4.47. The van der Waals surface area contributed by atoms with Crippen LogP contribution >= 0.6 is 0 Å². The zero-order chi connectivity index (χ0) is 5.11. The van der Waals surface area contributed by atoms with E-state index in [2.05, 4.69) is 13.6 Å². The summed E-state index contributed by atoms with van der Waals surface area (Å²) in [5, 5.41) is 0. The van der Waals surface area contributed by atoms with E-state index in [1.807, 2.05) is 0 Å². The van der Waals surface area contributed by atoms with E-state index in [9.17, 15) is 0 Å². The van der Waals surface area contributed by atoms with Gasteiger partial charge >= 0.3 is 0 Å². The Morgan fingerprint density at radius 1 is 1.71 bits per heavy atom. The number of hydrogen-bond acceptors (Lipinski definition) is 1. The SMILES string of the molecule is C[NH+]1[CH-]COCC1. The van der Waals surface area contributed by atoms with E-state index in [1.54, 1.807) is 0 Å². The Bertz CT molecular complexity index is 50.0. The molecule has 1 rings (SSSR count). The van der Waals surface area contributed by atoms with Gasteiger partial charge in [0.15, 0.2) is 0 Å². The molecule has 1 aliphatic rings. The molecule has 1 saturated heterocycles. The molecule has 1 unspecified atom stereocenters. The van der Waals surface area contributed by atoms with Crippen molar-refractivity contribution in [1.82, 2.24) is 0 Å². The maximum absolute atomic E-state index is 5.06. The summed E-state index contributed by atoms with van der Waals surface area (Å²) in [5.41, 5.74) is 0. The van der Waals surface area contributed by atoms with Gasteiger partial charge in [-0.3, -0.25) is 0 Å². The van der Waals surface area contributed by atoms with Crippen molar-refractivity contribution < 1.29 is 9.64 Å². The van der Waals surface area contributed by atoms with Crippen molar-refractivity contribution in [2.24, 2.45) is 0 Å². The molecule has 1 fully saturated rings. The fraction of sp³-hybridized carbons (Fsp3) is 0.800. The lowest BCUT2D eigenvalue weighted by Gasteiger charge is -2.28. The number of morpholine rings is 1. The van der Waals surface area contributed by atoms with Gasteiger partial charge in [0.1, 0.15) is 0 Å².